The summed E-state index contributed by atoms with van der Waals surface area (Å²) >= 11 is 0. The molecule has 0 unspecified atom stereocenters. The summed E-state index contributed by atoms with van der Waals surface area (Å²) in [5, 5.41) is 0. The SMILES string of the molecule is CCC(=O)N(CCC[N+](CC)(CC)CC)c1ccc(CC(C)C)cc1.[I-]. The lowest BCUT2D eigenvalue weighted by Crippen LogP contribution is -3.00. The maximum atomic E-state index is 12.5. The van der Waals surface area contributed by atoms with Crippen LogP contribution in [0.2, 0.25) is 0 Å². The van der Waals surface area contributed by atoms with Crippen molar-refractivity contribution in [2.75, 3.05) is 37.6 Å². The average molecular weight is 474 g/mol. The summed E-state index contributed by atoms with van der Waals surface area (Å²) in [7, 11) is 0. The average Bonchev–Trinajstić information content (AvgIpc) is 2.62. The predicted molar refractivity (Wildman–Crippen MR) is 109 cm³/mol. The molecule has 0 saturated carbocycles. The van der Waals surface area contributed by atoms with Crippen molar-refractivity contribution < 1.29 is 33.3 Å². The number of halogens is 1. The first-order valence-corrected chi connectivity index (χ1v) is 10.2. The summed E-state index contributed by atoms with van der Waals surface area (Å²) in [5.41, 5.74) is 2.39. The van der Waals surface area contributed by atoms with Crippen LogP contribution in [0, 0.1) is 5.92 Å². The summed E-state index contributed by atoms with van der Waals surface area (Å²) in [4.78, 5) is 14.4. The Morgan fingerprint density at radius 1 is 1.00 bits per heavy atom. The van der Waals surface area contributed by atoms with Gasteiger partial charge in [0.25, 0.3) is 0 Å². The molecule has 4 heteroatoms. The van der Waals surface area contributed by atoms with Crippen LogP contribution in [-0.2, 0) is 11.2 Å². The van der Waals surface area contributed by atoms with Gasteiger partial charge in [-0.3, -0.25) is 4.79 Å². The molecule has 0 saturated heterocycles. The molecule has 150 valence electrons. The molecule has 0 atom stereocenters. The van der Waals surface area contributed by atoms with Crippen molar-refractivity contribution in [2.45, 2.75) is 60.8 Å². The van der Waals surface area contributed by atoms with E-state index in [1.54, 1.807) is 0 Å². The second kappa shape index (κ2) is 12.7. The van der Waals surface area contributed by atoms with Gasteiger partial charge in [-0.1, -0.05) is 32.9 Å². The molecule has 0 fully saturated rings. The van der Waals surface area contributed by atoms with Crippen molar-refractivity contribution in [1.82, 2.24) is 0 Å². The zero-order valence-corrected chi connectivity index (χ0v) is 19.9. The van der Waals surface area contributed by atoms with E-state index < -0.39 is 0 Å². The molecule has 1 rings (SSSR count). The summed E-state index contributed by atoms with van der Waals surface area (Å²) < 4.78 is 1.14. The van der Waals surface area contributed by atoms with Gasteiger partial charge >= 0.3 is 0 Å². The number of nitrogens with zero attached hydrogens (tertiary/aromatic N) is 2. The van der Waals surface area contributed by atoms with E-state index in [1.807, 2.05) is 11.8 Å². The summed E-state index contributed by atoms with van der Waals surface area (Å²) in [6.07, 6.45) is 2.70. The van der Waals surface area contributed by atoms with E-state index in [0.717, 1.165) is 36.1 Å². The normalized spacial score (nSPS) is 11.3. The van der Waals surface area contributed by atoms with Gasteiger partial charge in [0.2, 0.25) is 5.91 Å². The number of amides is 1. The van der Waals surface area contributed by atoms with Crippen LogP contribution in [0.1, 0.15) is 59.9 Å². The number of hydrogen-bond donors (Lipinski definition) is 0. The number of benzene rings is 1. The van der Waals surface area contributed by atoms with Crippen LogP contribution < -0.4 is 28.9 Å². The number of hydrogen-bond acceptors (Lipinski definition) is 1. The molecule has 0 heterocycles. The van der Waals surface area contributed by atoms with Gasteiger partial charge in [-0.2, -0.15) is 0 Å². The number of carbonyl (C=O) groups is 1. The van der Waals surface area contributed by atoms with Gasteiger partial charge in [-0.25, -0.2) is 0 Å². The van der Waals surface area contributed by atoms with Gasteiger partial charge in [0.1, 0.15) is 0 Å². The van der Waals surface area contributed by atoms with Crippen molar-refractivity contribution in [2.24, 2.45) is 5.92 Å². The standard InChI is InChI=1S/C22H39N2O.HI/c1-7-22(25)23(16-11-17-24(8-2,9-3)10-4)21-14-12-20(13-15-21)18-19(5)6;/h12-15,19H,7-11,16-18H2,1-6H3;1H/q+1;/p-1. The molecule has 0 aromatic heterocycles. The number of anilines is 1. The fraction of sp³-hybridized carbons (Fsp3) is 0.682. The van der Waals surface area contributed by atoms with E-state index in [2.05, 4.69) is 58.9 Å². The summed E-state index contributed by atoms with van der Waals surface area (Å²) in [6, 6.07) is 8.59. The third kappa shape index (κ3) is 7.55. The van der Waals surface area contributed by atoms with Crippen LogP contribution in [0.15, 0.2) is 24.3 Å². The Morgan fingerprint density at radius 3 is 1.96 bits per heavy atom. The minimum absolute atomic E-state index is 0. The van der Waals surface area contributed by atoms with Gasteiger partial charge in [0.05, 0.1) is 26.2 Å². The molecule has 1 aromatic carbocycles. The van der Waals surface area contributed by atoms with Crippen molar-refractivity contribution in [3.8, 4) is 0 Å². The van der Waals surface area contributed by atoms with Gasteiger partial charge in [0, 0.05) is 25.1 Å². The third-order valence-electron chi connectivity index (χ3n) is 5.52. The summed E-state index contributed by atoms with van der Waals surface area (Å²) in [6.45, 7) is 18.7. The van der Waals surface area contributed by atoms with Gasteiger partial charge in [0.15, 0.2) is 0 Å². The molecule has 1 aromatic rings. The van der Waals surface area contributed by atoms with E-state index in [0.29, 0.717) is 12.3 Å². The molecular formula is C22H39IN2O. The quantitative estimate of drug-likeness (QED) is 0.355. The molecule has 0 N–H and O–H groups in total. The minimum atomic E-state index is 0. The predicted octanol–water partition coefficient (Wildman–Crippen LogP) is 1.90. The minimum Gasteiger partial charge on any atom is -1.00 e. The third-order valence-corrected chi connectivity index (χ3v) is 5.52. The molecule has 0 aliphatic rings. The van der Waals surface area contributed by atoms with Crippen LogP contribution in [0.3, 0.4) is 0 Å². The fourth-order valence-corrected chi connectivity index (χ4v) is 3.58. The van der Waals surface area contributed by atoms with Crippen LogP contribution in [0.25, 0.3) is 0 Å². The summed E-state index contributed by atoms with van der Waals surface area (Å²) in [5.74, 6) is 0.876. The fourth-order valence-electron chi connectivity index (χ4n) is 3.58. The Kier molecular flexibility index (Phi) is 12.4. The maximum absolute atomic E-state index is 12.5. The van der Waals surface area contributed by atoms with Crippen LogP contribution in [0.5, 0.6) is 0 Å². The van der Waals surface area contributed by atoms with E-state index in [4.69, 9.17) is 0 Å². The molecular weight excluding hydrogens is 435 g/mol. The lowest BCUT2D eigenvalue weighted by molar-refractivity contribution is -0.923. The van der Waals surface area contributed by atoms with Crippen molar-refractivity contribution in [3.05, 3.63) is 29.8 Å². The Bertz CT molecular complexity index is 501. The molecule has 26 heavy (non-hydrogen) atoms. The second-order valence-electron chi connectivity index (χ2n) is 7.53. The Morgan fingerprint density at radius 2 is 1.54 bits per heavy atom. The van der Waals surface area contributed by atoms with E-state index in [-0.39, 0.29) is 29.9 Å². The smallest absolute Gasteiger partial charge is 0.226 e. The lowest BCUT2D eigenvalue weighted by Gasteiger charge is -2.36. The molecule has 1 amide bonds. The molecule has 0 spiro atoms. The van der Waals surface area contributed by atoms with Crippen LogP contribution in [-0.4, -0.2) is 43.1 Å². The van der Waals surface area contributed by atoms with Crippen molar-refractivity contribution in [1.29, 1.82) is 0 Å². The lowest BCUT2D eigenvalue weighted by atomic mass is 10.0. The molecule has 0 radical (unpaired) electrons. The highest BCUT2D eigenvalue weighted by Gasteiger charge is 2.21. The first-order valence-electron chi connectivity index (χ1n) is 10.2. The molecule has 0 aliphatic heterocycles. The highest BCUT2D eigenvalue weighted by Crippen LogP contribution is 2.19. The monoisotopic (exact) mass is 474 g/mol. The highest BCUT2D eigenvalue weighted by molar-refractivity contribution is 5.93. The topological polar surface area (TPSA) is 20.3 Å². The molecule has 3 nitrogen and oxygen atoms in total. The van der Waals surface area contributed by atoms with Crippen LogP contribution in [0.4, 0.5) is 5.69 Å². The molecule has 0 aliphatic carbocycles. The van der Waals surface area contributed by atoms with E-state index in [9.17, 15) is 4.79 Å². The van der Waals surface area contributed by atoms with Crippen molar-refractivity contribution in [3.63, 3.8) is 0 Å². The Balaban J connectivity index is 0.00000625. The molecule has 0 bridgehead atoms. The first kappa shape index (κ1) is 25.4. The number of rotatable bonds is 11. The van der Waals surface area contributed by atoms with Crippen molar-refractivity contribution >= 4 is 11.6 Å². The first-order chi connectivity index (χ1) is 11.9. The number of quaternary nitrogens is 1. The Hall–Kier alpha value is -0.620. The van der Waals surface area contributed by atoms with E-state index in [1.165, 1.54) is 25.2 Å². The number of carbonyl (C=O) groups excluding carboxylic acids is 1. The second-order valence-corrected chi connectivity index (χ2v) is 7.53. The van der Waals surface area contributed by atoms with Gasteiger partial charge in [-0.05, 0) is 50.8 Å². The highest BCUT2D eigenvalue weighted by atomic mass is 127. The largest absolute Gasteiger partial charge is 1.00 e. The Labute approximate surface area is 178 Å². The maximum Gasteiger partial charge on any atom is 0.226 e. The van der Waals surface area contributed by atoms with Gasteiger partial charge < -0.3 is 33.4 Å². The van der Waals surface area contributed by atoms with E-state index >= 15 is 0 Å². The zero-order chi connectivity index (χ0) is 18.9. The zero-order valence-electron chi connectivity index (χ0n) is 17.7. The van der Waals surface area contributed by atoms with Crippen LogP contribution >= 0.6 is 0 Å². The van der Waals surface area contributed by atoms with Gasteiger partial charge in [-0.15, -0.1) is 0 Å².